The maximum Gasteiger partial charge on any atom is 0.433 e. The Hall–Kier alpha value is -4.39. The molecule has 3 heterocycles. The molecule has 10 heteroatoms. The minimum absolute atomic E-state index is 0.156. The Morgan fingerprint density at radius 3 is 2.59 bits per heavy atom. The van der Waals surface area contributed by atoms with E-state index in [2.05, 4.69) is 31.3 Å². The van der Waals surface area contributed by atoms with Crippen molar-refractivity contribution in [2.24, 2.45) is 0 Å². The van der Waals surface area contributed by atoms with Crippen molar-refractivity contribution in [2.75, 3.05) is 5.32 Å². The second-order valence-electron chi connectivity index (χ2n) is 7.46. The van der Waals surface area contributed by atoms with Crippen LogP contribution in [0.1, 0.15) is 40.1 Å². The van der Waals surface area contributed by atoms with E-state index in [0.717, 1.165) is 11.8 Å². The van der Waals surface area contributed by atoms with Gasteiger partial charge in [-0.1, -0.05) is 13.0 Å². The minimum Gasteiger partial charge on any atom is -0.322 e. The van der Waals surface area contributed by atoms with Gasteiger partial charge < -0.3 is 5.32 Å². The molecule has 1 N–H and O–H groups in total. The Bertz CT molecular complexity index is 1460. The quantitative estimate of drug-likeness (QED) is 0.452. The van der Waals surface area contributed by atoms with Crippen molar-refractivity contribution in [1.29, 1.82) is 5.26 Å². The third kappa shape index (κ3) is 4.54. The molecule has 0 aliphatic heterocycles. The molecule has 1 amide bonds. The van der Waals surface area contributed by atoms with Crippen molar-refractivity contribution < 1.29 is 18.0 Å². The molecule has 0 bridgehead atoms. The molecule has 0 spiro atoms. The van der Waals surface area contributed by atoms with Crippen molar-refractivity contribution >= 4 is 22.6 Å². The average molecular weight is 462 g/mol. The van der Waals surface area contributed by atoms with Crippen LogP contribution in [0.5, 0.6) is 0 Å². The number of carbonyl (C=O) groups excluding carboxylic acids is 1. The molecule has 0 fully saturated rings. The van der Waals surface area contributed by atoms with Gasteiger partial charge in [0.25, 0.3) is 5.91 Å². The van der Waals surface area contributed by atoms with Crippen LogP contribution in [-0.2, 0) is 12.6 Å². The lowest BCUT2D eigenvalue weighted by atomic mass is 9.97. The maximum atomic E-state index is 12.9. The van der Waals surface area contributed by atoms with Gasteiger partial charge >= 0.3 is 6.18 Å². The Kier molecular flexibility index (Phi) is 5.94. The summed E-state index contributed by atoms with van der Waals surface area (Å²) in [5.41, 5.74) is 1.55. The third-order valence-corrected chi connectivity index (χ3v) is 5.14. The van der Waals surface area contributed by atoms with Gasteiger partial charge in [0.2, 0.25) is 0 Å². The van der Waals surface area contributed by atoms with E-state index in [1.54, 1.807) is 30.5 Å². The van der Waals surface area contributed by atoms with Gasteiger partial charge in [0, 0.05) is 41.0 Å². The maximum absolute atomic E-state index is 12.9. The number of hydrogen-bond donors (Lipinski definition) is 1. The number of pyridine rings is 2. The van der Waals surface area contributed by atoms with Crippen molar-refractivity contribution in [1.82, 2.24) is 19.9 Å². The van der Waals surface area contributed by atoms with E-state index < -0.39 is 17.8 Å². The second kappa shape index (κ2) is 8.86. The van der Waals surface area contributed by atoms with Gasteiger partial charge in [0.05, 0.1) is 0 Å². The number of anilines is 1. The highest BCUT2D eigenvalue weighted by Gasteiger charge is 2.33. The zero-order valence-corrected chi connectivity index (χ0v) is 18.1. The predicted octanol–water partition coefficient (Wildman–Crippen LogP) is 5.10. The number of nitriles is 1. The van der Waals surface area contributed by atoms with Gasteiger partial charge in [-0.05, 0) is 48.4 Å². The summed E-state index contributed by atoms with van der Waals surface area (Å²) in [6, 6.07) is 10.7. The molecular weight excluding hydrogens is 445 g/mol. The first-order chi connectivity index (χ1) is 16.2. The summed E-state index contributed by atoms with van der Waals surface area (Å²) in [5.74, 6) is -0.109. The number of nitrogens with zero attached hydrogens (tertiary/aromatic N) is 5. The van der Waals surface area contributed by atoms with Gasteiger partial charge in [-0.25, -0.2) is 15.0 Å². The number of fused-ring (bicyclic) bond motifs is 1. The molecule has 4 rings (SSSR count). The number of amides is 1. The zero-order valence-electron chi connectivity index (χ0n) is 18.1. The summed E-state index contributed by atoms with van der Waals surface area (Å²) in [4.78, 5) is 28.9. The summed E-state index contributed by atoms with van der Waals surface area (Å²) >= 11 is 0. The standard InChI is InChI=1S/C24H17F3N6O/c1-3-21-30-12-15-8-18(19(11-28)32-22(15)33-21)17-10-16(5-4-13(17)2)31-23(34)14-6-7-29-20(9-14)24(25,26)27/h4-10,12H,3H2,1-2H3,(H,31,34). The molecule has 0 radical (unpaired) electrons. The fourth-order valence-electron chi connectivity index (χ4n) is 3.38. The Balaban J connectivity index is 1.71. The molecule has 3 aromatic heterocycles. The lowest BCUT2D eigenvalue weighted by molar-refractivity contribution is -0.141. The van der Waals surface area contributed by atoms with Gasteiger partial charge in [0.15, 0.2) is 11.3 Å². The first kappa shape index (κ1) is 22.8. The summed E-state index contributed by atoms with van der Waals surface area (Å²) in [5, 5.41) is 12.9. The number of rotatable bonds is 4. The number of halogens is 3. The molecule has 0 saturated heterocycles. The summed E-state index contributed by atoms with van der Waals surface area (Å²) in [7, 11) is 0. The SMILES string of the molecule is CCc1ncc2cc(-c3cc(NC(=O)c4ccnc(C(F)(F)F)c4)ccc3C)c(C#N)nc2n1. The zero-order chi connectivity index (χ0) is 24.5. The van der Waals surface area contributed by atoms with Crippen LogP contribution in [0.4, 0.5) is 18.9 Å². The first-order valence-electron chi connectivity index (χ1n) is 10.2. The molecule has 7 nitrogen and oxygen atoms in total. The van der Waals surface area contributed by atoms with E-state index in [1.807, 2.05) is 13.8 Å². The summed E-state index contributed by atoms with van der Waals surface area (Å²) in [6.45, 7) is 3.75. The average Bonchev–Trinajstić information content (AvgIpc) is 2.83. The van der Waals surface area contributed by atoms with Gasteiger partial charge in [-0.3, -0.25) is 9.78 Å². The van der Waals surface area contributed by atoms with Crippen LogP contribution in [0.2, 0.25) is 0 Å². The highest BCUT2D eigenvalue weighted by Crippen LogP contribution is 2.31. The smallest absolute Gasteiger partial charge is 0.322 e. The molecule has 1 aromatic carbocycles. The van der Waals surface area contributed by atoms with E-state index in [0.29, 0.717) is 46.2 Å². The van der Waals surface area contributed by atoms with Crippen molar-refractivity contribution in [3.63, 3.8) is 0 Å². The monoisotopic (exact) mass is 462 g/mol. The fourth-order valence-corrected chi connectivity index (χ4v) is 3.38. The largest absolute Gasteiger partial charge is 0.433 e. The molecule has 0 atom stereocenters. The predicted molar refractivity (Wildman–Crippen MR) is 119 cm³/mol. The number of carbonyl (C=O) groups is 1. The number of hydrogen-bond acceptors (Lipinski definition) is 6. The molecule has 34 heavy (non-hydrogen) atoms. The van der Waals surface area contributed by atoms with Crippen LogP contribution in [0.15, 0.2) is 48.8 Å². The Morgan fingerprint density at radius 1 is 1.09 bits per heavy atom. The van der Waals surface area contributed by atoms with Gasteiger partial charge in [-0.2, -0.15) is 18.4 Å². The highest BCUT2D eigenvalue weighted by atomic mass is 19.4. The summed E-state index contributed by atoms with van der Waals surface area (Å²) < 4.78 is 38.8. The molecular formula is C24H17F3N6O. The van der Waals surface area contributed by atoms with E-state index >= 15 is 0 Å². The number of aromatic nitrogens is 4. The van der Waals surface area contributed by atoms with Crippen LogP contribution in [0, 0.1) is 18.3 Å². The molecule has 4 aromatic rings. The van der Waals surface area contributed by atoms with Crippen LogP contribution in [-0.4, -0.2) is 25.8 Å². The minimum atomic E-state index is -4.66. The van der Waals surface area contributed by atoms with Gasteiger partial charge in [-0.15, -0.1) is 0 Å². The topological polar surface area (TPSA) is 104 Å². The Morgan fingerprint density at radius 2 is 1.88 bits per heavy atom. The van der Waals surface area contributed by atoms with Crippen LogP contribution in [0.25, 0.3) is 22.2 Å². The van der Waals surface area contributed by atoms with E-state index in [-0.39, 0.29) is 11.3 Å². The molecule has 0 aliphatic rings. The van der Waals surface area contributed by atoms with Crippen LogP contribution < -0.4 is 5.32 Å². The van der Waals surface area contributed by atoms with E-state index in [1.165, 1.54) is 6.07 Å². The third-order valence-electron chi connectivity index (χ3n) is 5.14. The van der Waals surface area contributed by atoms with Crippen molar-refractivity contribution in [3.05, 3.63) is 77.1 Å². The van der Waals surface area contributed by atoms with Crippen LogP contribution in [0.3, 0.4) is 0 Å². The lowest BCUT2D eigenvalue weighted by Crippen LogP contribution is -2.15. The molecule has 0 unspecified atom stereocenters. The normalized spacial score (nSPS) is 11.3. The molecule has 0 aliphatic carbocycles. The summed E-state index contributed by atoms with van der Waals surface area (Å²) in [6.07, 6.45) is -1.46. The molecule has 170 valence electrons. The first-order valence-corrected chi connectivity index (χ1v) is 10.2. The van der Waals surface area contributed by atoms with Crippen LogP contribution >= 0.6 is 0 Å². The number of benzene rings is 1. The van der Waals surface area contributed by atoms with Crippen molar-refractivity contribution in [2.45, 2.75) is 26.4 Å². The number of alkyl halides is 3. The van der Waals surface area contributed by atoms with E-state index in [4.69, 9.17) is 0 Å². The highest BCUT2D eigenvalue weighted by molar-refractivity contribution is 6.04. The lowest BCUT2D eigenvalue weighted by Gasteiger charge is -2.13. The number of nitrogens with one attached hydrogen (secondary N) is 1. The Labute approximate surface area is 192 Å². The second-order valence-corrected chi connectivity index (χ2v) is 7.46. The fraction of sp³-hybridized carbons (Fsp3) is 0.167. The number of aryl methyl sites for hydroxylation is 2. The van der Waals surface area contributed by atoms with Crippen molar-refractivity contribution in [3.8, 4) is 17.2 Å². The molecule has 0 saturated carbocycles. The van der Waals surface area contributed by atoms with E-state index in [9.17, 15) is 23.2 Å². The van der Waals surface area contributed by atoms with Gasteiger partial charge in [0.1, 0.15) is 17.6 Å².